The predicted molar refractivity (Wildman–Crippen MR) is 112 cm³/mol. The van der Waals surface area contributed by atoms with Gasteiger partial charge in [0.05, 0.1) is 21.5 Å². The Hall–Kier alpha value is -2.46. The van der Waals surface area contributed by atoms with Gasteiger partial charge >= 0.3 is 6.18 Å². The highest BCUT2D eigenvalue weighted by molar-refractivity contribution is 7.18. The smallest absolute Gasteiger partial charge is 0.348 e. The van der Waals surface area contributed by atoms with E-state index in [1.54, 1.807) is 28.9 Å². The number of hydrogen-bond acceptors (Lipinski definition) is 7. The lowest BCUT2D eigenvalue weighted by molar-refractivity contribution is -0.137. The van der Waals surface area contributed by atoms with Crippen molar-refractivity contribution in [2.45, 2.75) is 25.4 Å². The second kappa shape index (κ2) is 8.50. The number of piperidine rings is 1. The summed E-state index contributed by atoms with van der Waals surface area (Å²) in [5.74, 6) is 0.243. The quantitative estimate of drug-likeness (QED) is 0.410. The number of alkyl halides is 3. The van der Waals surface area contributed by atoms with Crippen LogP contribution in [-0.4, -0.2) is 29.3 Å². The molecule has 5 nitrogen and oxygen atoms in total. The lowest BCUT2D eigenvalue weighted by Crippen LogP contribution is -2.29. The Labute approximate surface area is 173 Å². The van der Waals surface area contributed by atoms with E-state index in [0.717, 1.165) is 45.9 Å². The Morgan fingerprint density at radius 2 is 1.97 bits per heavy atom. The van der Waals surface area contributed by atoms with E-state index in [-0.39, 0.29) is 5.82 Å². The highest BCUT2D eigenvalue weighted by atomic mass is 32.1. The molecule has 0 aliphatic carbocycles. The van der Waals surface area contributed by atoms with Gasteiger partial charge in [0, 0.05) is 19.3 Å². The van der Waals surface area contributed by atoms with Crippen molar-refractivity contribution in [1.29, 1.82) is 0 Å². The minimum Gasteiger partial charge on any atom is -0.348 e. The van der Waals surface area contributed by atoms with Crippen molar-refractivity contribution in [3.05, 3.63) is 46.3 Å². The van der Waals surface area contributed by atoms with Crippen LogP contribution in [0, 0.1) is 0 Å². The molecule has 1 aliphatic rings. The zero-order valence-electron chi connectivity index (χ0n) is 15.3. The first-order valence-electron chi connectivity index (χ1n) is 9.13. The minimum atomic E-state index is -4.40. The van der Waals surface area contributed by atoms with E-state index in [1.807, 2.05) is 17.5 Å². The summed E-state index contributed by atoms with van der Waals surface area (Å²) in [6.45, 7) is 2.00. The minimum absolute atomic E-state index is 0.243. The van der Waals surface area contributed by atoms with E-state index >= 15 is 0 Å². The second-order valence-corrected chi connectivity index (χ2v) is 8.49. The van der Waals surface area contributed by atoms with Crippen molar-refractivity contribution in [1.82, 2.24) is 9.97 Å². The van der Waals surface area contributed by atoms with Crippen molar-refractivity contribution < 1.29 is 13.2 Å². The first-order valence-corrected chi connectivity index (χ1v) is 10.8. The summed E-state index contributed by atoms with van der Waals surface area (Å²) in [5.41, 5.74) is 2.77. The van der Waals surface area contributed by atoms with Crippen LogP contribution >= 0.6 is 22.7 Å². The summed E-state index contributed by atoms with van der Waals surface area (Å²) in [6.07, 6.45) is 1.61. The van der Waals surface area contributed by atoms with Crippen LogP contribution in [0.25, 0.3) is 10.6 Å². The Balaban J connectivity index is 1.53. The monoisotopic (exact) mass is 437 g/mol. The Kier molecular flexibility index (Phi) is 5.81. The van der Waals surface area contributed by atoms with Crippen molar-refractivity contribution in [2.24, 2.45) is 5.10 Å². The molecule has 0 unspecified atom stereocenters. The predicted octanol–water partition coefficient (Wildman–Crippen LogP) is 5.72. The molecule has 0 radical (unpaired) electrons. The number of nitrogens with zero attached hydrogens (tertiary/aromatic N) is 4. The molecule has 29 heavy (non-hydrogen) atoms. The molecule has 1 saturated heterocycles. The van der Waals surface area contributed by atoms with Gasteiger partial charge in [-0.15, -0.1) is 11.3 Å². The SMILES string of the molecule is FC(F)(F)c1ccc(N/N=C/c2sc(N3CCCCC3)nc2-c2cccs2)nc1. The molecular weight excluding hydrogens is 419 g/mol. The van der Waals surface area contributed by atoms with Crippen molar-refractivity contribution in [3.63, 3.8) is 0 Å². The van der Waals surface area contributed by atoms with Gasteiger partial charge in [0.15, 0.2) is 5.13 Å². The number of aromatic nitrogens is 2. The standard InChI is InChI=1S/C19H18F3N5S2/c20-19(21,22)13-6-7-16(23-11-13)26-24-12-15-17(14-5-4-10-28-14)25-18(29-15)27-8-2-1-3-9-27/h4-7,10-12H,1-3,8-9H2,(H,23,26)/b24-12+. The number of halogens is 3. The first-order chi connectivity index (χ1) is 14.0. The molecule has 0 atom stereocenters. The van der Waals surface area contributed by atoms with E-state index in [0.29, 0.717) is 0 Å². The largest absolute Gasteiger partial charge is 0.417 e. The van der Waals surface area contributed by atoms with Crippen molar-refractivity contribution >= 4 is 39.8 Å². The number of thiophene rings is 1. The molecule has 10 heteroatoms. The summed E-state index contributed by atoms with van der Waals surface area (Å²) in [6, 6.07) is 6.22. The van der Waals surface area contributed by atoms with Gasteiger partial charge in [-0.05, 0) is 42.8 Å². The molecule has 0 saturated carbocycles. The third kappa shape index (κ3) is 4.76. The van der Waals surface area contributed by atoms with Gasteiger partial charge in [0.2, 0.25) is 0 Å². The zero-order valence-corrected chi connectivity index (χ0v) is 16.9. The van der Waals surface area contributed by atoms with Crippen LogP contribution in [0.4, 0.5) is 24.1 Å². The van der Waals surface area contributed by atoms with Crippen molar-refractivity contribution in [3.8, 4) is 10.6 Å². The van der Waals surface area contributed by atoms with Crippen LogP contribution in [0.1, 0.15) is 29.7 Å². The summed E-state index contributed by atoms with van der Waals surface area (Å²) in [7, 11) is 0. The summed E-state index contributed by atoms with van der Waals surface area (Å²) >= 11 is 3.18. The molecule has 1 N–H and O–H groups in total. The molecule has 4 heterocycles. The van der Waals surface area contributed by atoms with E-state index in [9.17, 15) is 13.2 Å². The third-order valence-electron chi connectivity index (χ3n) is 4.47. The number of hydrazone groups is 1. The maximum Gasteiger partial charge on any atom is 0.417 e. The highest BCUT2D eigenvalue weighted by Gasteiger charge is 2.30. The topological polar surface area (TPSA) is 53.4 Å². The molecule has 3 aromatic heterocycles. The number of pyridine rings is 1. The van der Waals surface area contributed by atoms with Crippen LogP contribution in [-0.2, 0) is 6.18 Å². The lowest BCUT2D eigenvalue weighted by Gasteiger charge is -2.25. The first kappa shape index (κ1) is 19.8. The molecule has 1 fully saturated rings. The molecule has 0 aromatic carbocycles. The summed E-state index contributed by atoms with van der Waals surface area (Å²) < 4.78 is 37.9. The van der Waals surface area contributed by atoms with E-state index in [1.165, 1.54) is 25.3 Å². The fourth-order valence-corrected chi connectivity index (χ4v) is 4.80. The second-order valence-electron chi connectivity index (χ2n) is 6.53. The lowest BCUT2D eigenvalue weighted by atomic mass is 10.1. The van der Waals surface area contributed by atoms with Gasteiger partial charge in [0.25, 0.3) is 0 Å². The van der Waals surface area contributed by atoms with Gasteiger partial charge < -0.3 is 4.90 Å². The van der Waals surface area contributed by atoms with Crippen LogP contribution in [0.2, 0.25) is 0 Å². The van der Waals surface area contributed by atoms with E-state index < -0.39 is 11.7 Å². The number of rotatable bonds is 5. The molecule has 3 aromatic rings. The third-order valence-corrected chi connectivity index (χ3v) is 6.40. The molecule has 0 amide bonds. The van der Waals surface area contributed by atoms with Crippen LogP contribution < -0.4 is 10.3 Å². The molecule has 0 spiro atoms. The number of hydrogen-bond donors (Lipinski definition) is 1. The average molecular weight is 438 g/mol. The number of thiazole rings is 1. The maximum absolute atomic E-state index is 12.6. The van der Waals surface area contributed by atoms with E-state index in [4.69, 9.17) is 4.98 Å². The van der Waals surface area contributed by atoms with Gasteiger partial charge in [-0.2, -0.15) is 18.3 Å². The average Bonchev–Trinajstić information content (AvgIpc) is 3.38. The highest BCUT2D eigenvalue weighted by Crippen LogP contribution is 2.35. The normalized spacial score (nSPS) is 15.2. The van der Waals surface area contributed by atoms with Gasteiger partial charge in [-0.25, -0.2) is 9.97 Å². The Morgan fingerprint density at radius 1 is 1.14 bits per heavy atom. The fraction of sp³-hybridized carbons (Fsp3) is 0.316. The van der Waals surface area contributed by atoms with Gasteiger partial charge in [-0.3, -0.25) is 5.43 Å². The van der Waals surface area contributed by atoms with Crippen LogP contribution in [0.5, 0.6) is 0 Å². The number of nitrogens with one attached hydrogen (secondary N) is 1. The Bertz CT molecular complexity index is 959. The van der Waals surface area contributed by atoms with Crippen molar-refractivity contribution in [2.75, 3.05) is 23.4 Å². The zero-order chi connectivity index (χ0) is 20.3. The summed E-state index contributed by atoms with van der Waals surface area (Å²) in [5, 5.41) is 7.15. The molecule has 1 aliphatic heterocycles. The molecule has 4 rings (SSSR count). The molecular formula is C19H18F3N5S2. The van der Waals surface area contributed by atoms with Crippen LogP contribution in [0.3, 0.4) is 0 Å². The number of anilines is 2. The summed E-state index contributed by atoms with van der Waals surface area (Å²) in [4.78, 5) is 12.8. The molecule has 152 valence electrons. The Morgan fingerprint density at radius 3 is 2.62 bits per heavy atom. The van der Waals surface area contributed by atoms with Gasteiger partial charge in [0.1, 0.15) is 11.5 Å². The maximum atomic E-state index is 12.6. The van der Waals surface area contributed by atoms with Gasteiger partial charge in [-0.1, -0.05) is 17.4 Å². The van der Waals surface area contributed by atoms with Crippen LogP contribution in [0.15, 0.2) is 40.9 Å². The van der Waals surface area contributed by atoms with E-state index in [2.05, 4.69) is 20.4 Å². The molecule has 0 bridgehead atoms. The fourth-order valence-electron chi connectivity index (χ4n) is 3.00.